The highest BCUT2D eigenvalue weighted by atomic mass is 14.8. The Morgan fingerprint density at radius 1 is 1.54 bits per heavy atom. The van der Waals surface area contributed by atoms with Crippen molar-refractivity contribution in [2.75, 3.05) is 18.9 Å². The van der Waals surface area contributed by atoms with Crippen molar-refractivity contribution in [3.63, 3.8) is 0 Å². The van der Waals surface area contributed by atoms with Crippen LogP contribution in [0.2, 0.25) is 0 Å². The van der Waals surface area contributed by atoms with Crippen molar-refractivity contribution in [2.24, 2.45) is 5.73 Å². The third-order valence-electron chi connectivity index (χ3n) is 2.04. The minimum atomic E-state index is 0.691. The predicted molar refractivity (Wildman–Crippen MR) is 58.8 cm³/mol. The van der Waals surface area contributed by atoms with Crippen LogP contribution in [-0.4, -0.2) is 13.6 Å². The third-order valence-corrected chi connectivity index (χ3v) is 2.04. The maximum atomic E-state index is 5.48. The highest BCUT2D eigenvalue weighted by Gasteiger charge is 1.98. The molecule has 1 rings (SSSR count). The first kappa shape index (κ1) is 9.81. The minimum absolute atomic E-state index is 0.691. The highest BCUT2D eigenvalue weighted by Crippen LogP contribution is 2.18. The van der Waals surface area contributed by atoms with Crippen LogP contribution in [-0.2, 0) is 6.42 Å². The molecular formula is C11H16N2. The van der Waals surface area contributed by atoms with Gasteiger partial charge in [0, 0.05) is 12.7 Å². The standard InChI is InChI=1S/C11H16N2/c1-3-10-5-4-9(6-7-12)8-11(10)13-2/h3-5,8,13H,1,6-7,12H2,2H3. The Kier molecular flexibility index (Phi) is 3.53. The molecule has 2 heteroatoms. The van der Waals surface area contributed by atoms with Crippen molar-refractivity contribution in [1.82, 2.24) is 0 Å². The van der Waals surface area contributed by atoms with Gasteiger partial charge in [-0.3, -0.25) is 0 Å². The van der Waals surface area contributed by atoms with Gasteiger partial charge in [-0.25, -0.2) is 0 Å². The molecule has 13 heavy (non-hydrogen) atoms. The van der Waals surface area contributed by atoms with Gasteiger partial charge in [0.05, 0.1) is 0 Å². The van der Waals surface area contributed by atoms with Gasteiger partial charge in [-0.05, 0) is 30.2 Å². The number of anilines is 1. The fourth-order valence-corrected chi connectivity index (χ4v) is 1.32. The molecule has 0 radical (unpaired) electrons. The molecule has 0 bridgehead atoms. The zero-order valence-electron chi connectivity index (χ0n) is 8.01. The topological polar surface area (TPSA) is 38.0 Å². The lowest BCUT2D eigenvalue weighted by molar-refractivity contribution is 0.969. The summed E-state index contributed by atoms with van der Waals surface area (Å²) in [5, 5.41) is 3.13. The molecule has 0 unspecified atom stereocenters. The van der Waals surface area contributed by atoms with Gasteiger partial charge in [0.2, 0.25) is 0 Å². The first-order valence-electron chi connectivity index (χ1n) is 4.45. The number of hydrogen-bond donors (Lipinski definition) is 2. The van der Waals surface area contributed by atoms with Crippen molar-refractivity contribution >= 4 is 11.8 Å². The Bertz CT molecular complexity index is 292. The normalized spacial score (nSPS) is 9.69. The van der Waals surface area contributed by atoms with E-state index in [0.29, 0.717) is 6.54 Å². The smallest absolute Gasteiger partial charge is 0.0413 e. The Morgan fingerprint density at radius 3 is 2.85 bits per heavy atom. The van der Waals surface area contributed by atoms with Gasteiger partial charge in [-0.1, -0.05) is 24.8 Å². The Hall–Kier alpha value is -1.28. The molecule has 0 aromatic heterocycles. The molecule has 1 aromatic rings. The van der Waals surface area contributed by atoms with Crippen molar-refractivity contribution in [3.8, 4) is 0 Å². The maximum Gasteiger partial charge on any atom is 0.0413 e. The van der Waals surface area contributed by atoms with Gasteiger partial charge >= 0.3 is 0 Å². The Morgan fingerprint density at radius 2 is 2.31 bits per heavy atom. The van der Waals surface area contributed by atoms with Crippen LogP contribution in [0.15, 0.2) is 24.8 Å². The van der Waals surface area contributed by atoms with Crippen LogP contribution in [0, 0.1) is 0 Å². The van der Waals surface area contributed by atoms with E-state index < -0.39 is 0 Å². The van der Waals surface area contributed by atoms with E-state index in [-0.39, 0.29) is 0 Å². The van der Waals surface area contributed by atoms with E-state index in [4.69, 9.17) is 5.73 Å². The van der Waals surface area contributed by atoms with Crippen LogP contribution in [0.3, 0.4) is 0 Å². The SMILES string of the molecule is C=Cc1ccc(CCN)cc1NC. The maximum absolute atomic E-state index is 5.48. The zero-order valence-corrected chi connectivity index (χ0v) is 8.01. The largest absolute Gasteiger partial charge is 0.388 e. The van der Waals surface area contributed by atoms with E-state index in [1.807, 2.05) is 13.1 Å². The summed E-state index contributed by atoms with van der Waals surface area (Å²) in [4.78, 5) is 0. The van der Waals surface area contributed by atoms with Crippen LogP contribution in [0.25, 0.3) is 6.08 Å². The van der Waals surface area contributed by atoms with Crippen molar-refractivity contribution in [1.29, 1.82) is 0 Å². The summed E-state index contributed by atoms with van der Waals surface area (Å²) in [6.07, 6.45) is 2.77. The van der Waals surface area contributed by atoms with E-state index in [1.165, 1.54) is 5.56 Å². The van der Waals surface area contributed by atoms with Crippen molar-refractivity contribution in [2.45, 2.75) is 6.42 Å². The number of nitrogens with two attached hydrogens (primary N) is 1. The zero-order chi connectivity index (χ0) is 9.68. The average molecular weight is 176 g/mol. The predicted octanol–water partition coefficient (Wildman–Crippen LogP) is 1.87. The van der Waals surface area contributed by atoms with Crippen LogP contribution in [0.4, 0.5) is 5.69 Å². The fourth-order valence-electron chi connectivity index (χ4n) is 1.32. The average Bonchev–Trinajstić information content (AvgIpc) is 2.18. The van der Waals surface area contributed by atoms with Crippen LogP contribution in [0.1, 0.15) is 11.1 Å². The van der Waals surface area contributed by atoms with E-state index in [9.17, 15) is 0 Å². The van der Waals surface area contributed by atoms with E-state index in [0.717, 1.165) is 17.7 Å². The minimum Gasteiger partial charge on any atom is -0.388 e. The third kappa shape index (κ3) is 2.33. The lowest BCUT2D eigenvalue weighted by Crippen LogP contribution is -2.03. The summed E-state index contributed by atoms with van der Waals surface area (Å²) >= 11 is 0. The van der Waals surface area contributed by atoms with Crippen LogP contribution < -0.4 is 11.1 Å². The molecule has 0 saturated heterocycles. The summed E-state index contributed by atoms with van der Waals surface area (Å²) in [5.74, 6) is 0. The number of benzene rings is 1. The Balaban J connectivity index is 2.98. The van der Waals surface area contributed by atoms with Gasteiger partial charge in [0.25, 0.3) is 0 Å². The van der Waals surface area contributed by atoms with Crippen LogP contribution in [0.5, 0.6) is 0 Å². The molecule has 3 N–H and O–H groups in total. The molecular weight excluding hydrogens is 160 g/mol. The molecule has 2 nitrogen and oxygen atoms in total. The van der Waals surface area contributed by atoms with Crippen LogP contribution >= 0.6 is 0 Å². The number of hydrogen-bond acceptors (Lipinski definition) is 2. The summed E-state index contributed by atoms with van der Waals surface area (Å²) in [5.41, 5.74) is 8.98. The second-order valence-electron chi connectivity index (χ2n) is 2.91. The number of nitrogens with one attached hydrogen (secondary N) is 1. The van der Waals surface area contributed by atoms with E-state index in [1.54, 1.807) is 0 Å². The van der Waals surface area contributed by atoms with Gasteiger partial charge in [-0.15, -0.1) is 0 Å². The Labute approximate surface area is 79.5 Å². The second kappa shape index (κ2) is 4.67. The molecule has 0 aliphatic carbocycles. The molecule has 70 valence electrons. The van der Waals surface area contributed by atoms with Gasteiger partial charge in [-0.2, -0.15) is 0 Å². The first-order chi connectivity index (χ1) is 6.31. The van der Waals surface area contributed by atoms with Gasteiger partial charge in [0.15, 0.2) is 0 Å². The second-order valence-corrected chi connectivity index (χ2v) is 2.91. The molecule has 0 atom stereocenters. The molecule has 0 amide bonds. The van der Waals surface area contributed by atoms with Gasteiger partial charge in [0.1, 0.15) is 0 Å². The lowest BCUT2D eigenvalue weighted by Gasteiger charge is -2.07. The summed E-state index contributed by atoms with van der Waals surface area (Å²) in [6, 6.07) is 6.26. The first-order valence-corrected chi connectivity index (χ1v) is 4.45. The molecule has 0 heterocycles. The lowest BCUT2D eigenvalue weighted by atomic mass is 10.1. The van der Waals surface area contributed by atoms with E-state index in [2.05, 4.69) is 30.1 Å². The molecule has 0 aliphatic rings. The number of rotatable bonds is 4. The fraction of sp³-hybridized carbons (Fsp3) is 0.273. The molecule has 0 aliphatic heterocycles. The molecule has 0 spiro atoms. The van der Waals surface area contributed by atoms with E-state index >= 15 is 0 Å². The molecule has 0 fully saturated rings. The van der Waals surface area contributed by atoms with Gasteiger partial charge < -0.3 is 11.1 Å². The molecule has 0 saturated carbocycles. The summed E-state index contributed by atoms with van der Waals surface area (Å²) in [6.45, 7) is 4.44. The summed E-state index contributed by atoms with van der Waals surface area (Å²) < 4.78 is 0. The van der Waals surface area contributed by atoms with Crippen molar-refractivity contribution < 1.29 is 0 Å². The monoisotopic (exact) mass is 176 g/mol. The quantitative estimate of drug-likeness (QED) is 0.735. The summed E-state index contributed by atoms with van der Waals surface area (Å²) in [7, 11) is 1.91. The molecule has 1 aromatic carbocycles. The van der Waals surface area contributed by atoms with Crippen molar-refractivity contribution in [3.05, 3.63) is 35.9 Å². The highest BCUT2D eigenvalue weighted by molar-refractivity contribution is 5.66.